The van der Waals surface area contributed by atoms with Crippen LogP contribution < -0.4 is 10.3 Å². The van der Waals surface area contributed by atoms with Crippen LogP contribution >= 0.6 is 0 Å². The van der Waals surface area contributed by atoms with Gasteiger partial charge in [-0.1, -0.05) is 12.1 Å². The van der Waals surface area contributed by atoms with Gasteiger partial charge in [-0.2, -0.15) is 9.60 Å². The normalized spacial score (nSPS) is 24.7. The molecule has 0 saturated carbocycles. The van der Waals surface area contributed by atoms with Crippen LogP contribution in [0.5, 0.6) is 0 Å². The monoisotopic (exact) mass is 232 g/mol. The van der Waals surface area contributed by atoms with Gasteiger partial charge in [-0.25, -0.2) is 0 Å². The Bertz CT molecular complexity index is 521. The molecule has 1 atom stereocenters. The van der Waals surface area contributed by atoms with Crippen LogP contribution in [0, 0.1) is 0 Å². The molecule has 90 valence electrons. The Morgan fingerprint density at radius 3 is 2.29 bits per heavy atom. The average Bonchev–Trinajstić information content (AvgIpc) is 2.47. The average molecular weight is 232 g/mol. The Balaban J connectivity index is 2.66. The summed E-state index contributed by atoms with van der Waals surface area (Å²) < 4.78 is 0.331. The number of para-hydroxylation sites is 2. The van der Waals surface area contributed by atoms with Crippen molar-refractivity contribution in [1.82, 2.24) is 9.60 Å². The fourth-order valence-electron chi connectivity index (χ4n) is 2.36. The zero-order valence-corrected chi connectivity index (χ0v) is 10.7. The number of hydrogen-bond donors (Lipinski definition) is 1. The zero-order valence-electron chi connectivity index (χ0n) is 10.7. The molecule has 1 aromatic rings. The molecule has 0 aliphatic carbocycles. The number of nitrogen functional groups attached to an aromatic ring is 1. The van der Waals surface area contributed by atoms with Gasteiger partial charge in [0.1, 0.15) is 12.7 Å². The molecule has 1 aliphatic heterocycles. The Morgan fingerprint density at radius 1 is 1.24 bits per heavy atom. The lowest BCUT2D eigenvalue weighted by atomic mass is 10.2. The first-order valence-corrected chi connectivity index (χ1v) is 5.59. The number of benzene rings is 1. The molecule has 0 radical (unpaired) electrons. The van der Waals surface area contributed by atoms with Crippen LogP contribution in [0.1, 0.15) is 13.8 Å². The van der Waals surface area contributed by atoms with Gasteiger partial charge in [0, 0.05) is 13.0 Å². The van der Waals surface area contributed by atoms with E-state index in [1.165, 1.54) is 0 Å². The van der Waals surface area contributed by atoms with Crippen LogP contribution in [0.4, 0.5) is 11.4 Å². The number of hydrogen-bond acceptors (Lipinski definition) is 2. The largest absolute Gasteiger partial charge is 0.394 e. The molecule has 1 amide bonds. The van der Waals surface area contributed by atoms with E-state index in [1.54, 1.807) is 12.1 Å². The fourth-order valence-corrected chi connectivity index (χ4v) is 2.36. The van der Waals surface area contributed by atoms with E-state index in [2.05, 4.69) is 0 Å². The molecule has 4 heteroatoms. The number of carbonyl (C=O) groups is 1. The highest BCUT2D eigenvalue weighted by Gasteiger charge is 2.46. The van der Waals surface area contributed by atoms with Crippen LogP contribution in [0.15, 0.2) is 35.5 Å². The van der Waals surface area contributed by atoms with E-state index in [0.29, 0.717) is 10.3 Å². The van der Waals surface area contributed by atoms with Crippen molar-refractivity contribution in [3.05, 3.63) is 35.5 Å². The van der Waals surface area contributed by atoms with Gasteiger partial charge >= 0.3 is 5.91 Å². The molecule has 1 aromatic carbocycles. The lowest BCUT2D eigenvalue weighted by Gasteiger charge is -2.35. The summed E-state index contributed by atoms with van der Waals surface area (Å²) in [6.45, 7) is 3.83. The van der Waals surface area contributed by atoms with Gasteiger partial charge in [-0.05, 0) is 13.0 Å². The number of carbonyl (C=O) groups excluding carboxylic acids is 1. The minimum Gasteiger partial charge on any atom is -0.394 e. The number of allylic oxidation sites excluding steroid dienone is 1. The van der Waals surface area contributed by atoms with E-state index in [4.69, 9.17) is 5.73 Å². The molecular formula is C13H18N3O+. The summed E-state index contributed by atoms with van der Waals surface area (Å²) in [6.07, 6.45) is 0. The maximum absolute atomic E-state index is 12.0. The zero-order chi connectivity index (χ0) is 12.8. The first-order valence-electron chi connectivity index (χ1n) is 5.59. The highest BCUT2D eigenvalue weighted by atomic mass is 16.2. The van der Waals surface area contributed by atoms with Crippen molar-refractivity contribution in [2.45, 2.75) is 13.8 Å². The van der Waals surface area contributed by atoms with E-state index in [1.807, 2.05) is 45.2 Å². The molecule has 2 N–H and O–H groups in total. The first-order chi connectivity index (χ1) is 7.90. The molecular weight excluding hydrogens is 214 g/mol. The van der Waals surface area contributed by atoms with E-state index in [9.17, 15) is 4.79 Å². The summed E-state index contributed by atoms with van der Waals surface area (Å²) >= 11 is 0. The summed E-state index contributed by atoms with van der Waals surface area (Å²) in [5, 5.41) is 1.70. The van der Waals surface area contributed by atoms with Crippen LogP contribution in [-0.2, 0) is 4.79 Å². The predicted molar refractivity (Wildman–Crippen MR) is 69.7 cm³/mol. The molecule has 1 heterocycles. The SMILES string of the molecule is CC1=C(C)[N+](C)(c2ccccc2N)N(C)C1=O. The lowest BCUT2D eigenvalue weighted by molar-refractivity contribution is -0.132. The minimum atomic E-state index is 0.0493. The maximum atomic E-state index is 12.0. The Morgan fingerprint density at radius 2 is 1.82 bits per heavy atom. The van der Waals surface area contributed by atoms with Crippen LogP contribution in [-0.4, -0.2) is 25.0 Å². The Kier molecular flexibility index (Phi) is 2.47. The van der Waals surface area contributed by atoms with Crippen molar-refractivity contribution < 1.29 is 4.79 Å². The molecule has 1 aliphatic rings. The molecule has 0 saturated heterocycles. The summed E-state index contributed by atoms with van der Waals surface area (Å²) in [4.78, 5) is 12.0. The maximum Gasteiger partial charge on any atom is 0.300 e. The number of rotatable bonds is 1. The van der Waals surface area contributed by atoms with Crippen molar-refractivity contribution >= 4 is 17.3 Å². The molecule has 17 heavy (non-hydrogen) atoms. The molecule has 0 spiro atoms. The summed E-state index contributed by atoms with van der Waals surface area (Å²) in [6, 6.07) is 7.66. The third-order valence-corrected chi connectivity index (χ3v) is 3.82. The van der Waals surface area contributed by atoms with Gasteiger partial charge in [-0.15, -0.1) is 0 Å². The molecule has 2 rings (SSSR count). The number of likely N-dealkylation sites (N-methyl/N-ethyl adjacent to an activating group) is 1. The van der Waals surface area contributed by atoms with Crippen molar-refractivity contribution in [1.29, 1.82) is 0 Å². The standard InChI is InChI=1S/C13H18N3O/c1-9-10(2)16(4,15(3)13(9)17)12-8-6-5-7-11(12)14/h5-8H,14H2,1-4H3/q+1. The summed E-state index contributed by atoms with van der Waals surface area (Å²) in [5.41, 5.74) is 9.45. The molecule has 4 nitrogen and oxygen atoms in total. The minimum absolute atomic E-state index is 0.0493. The highest BCUT2D eigenvalue weighted by molar-refractivity contribution is 5.97. The molecule has 0 bridgehead atoms. The van der Waals surface area contributed by atoms with Crippen molar-refractivity contribution in [2.24, 2.45) is 0 Å². The molecule has 1 unspecified atom stereocenters. The quantitative estimate of drug-likeness (QED) is 0.593. The number of nitrogens with two attached hydrogens (primary N) is 1. The summed E-state index contributed by atoms with van der Waals surface area (Å²) in [7, 11) is 3.78. The van der Waals surface area contributed by atoms with Gasteiger partial charge in [0.15, 0.2) is 5.69 Å². The van der Waals surface area contributed by atoms with E-state index < -0.39 is 0 Å². The first kappa shape index (κ1) is 11.7. The van der Waals surface area contributed by atoms with Gasteiger partial charge in [-0.3, -0.25) is 4.79 Å². The van der Waals surface area contributed by atoms with Crippen molar-refractivity contribution in [2.75, 3.05) is 19.8 Å². The van der Waals surface area contributed by atoms with Crippen LogP contribution in [0.2, 0.25) is 0 Å². The predicted octanol–water partition coefficient (Wildman–Crippen LogP) is 1.89. The molecule has 0 fully saturated rings. The topological polar surface area (TPSA) is 46.3 Å². The second-order valence-corrected chi connectivity index (χ2v) is 4.56. The Labute approximate surface area is 101 Å². The van der Waals surface area contributed by atoms with Gasteiger partial charge < -0.3 is 5.73 Å². The second-order valence-electron chi connectivity index (χ2n) is 4.56. The van der Waals surface area contributed by atoms with E-state index >= 15 is 0 Å². The van der Waals surface area contributed by atoms with Crippen LogP contribution in [0.3, 0.4) is 0 Å². The number of nitrogens with zero attached hydrogens (tertiary/aromatic N) is 2. The van der Waals surface area contributed by atoms with Gasteiger partial charge in [0.25, 0.3) is 0 Å². The van der Waals surface area contributed by atoms with E-state index in [-0.39, 0.29) is 5.91 Å². The fraction of sp³-hybridized carbons (Fsp3) is 0.308. The lowest BCUT2D eigenvalue weighted by Crippen LogP contribution is -2.53. The second kappa shape index (κ2) is 3.60. The third-order valence-electron chi connectivity index (χ3n) is 3.82. The number of anilines is 1. The molecule has 0 aromatic heterocycles. The Hall–Kier alpha value is -1.81. The van der Waals surface area contributed by atoms with Gasteiger partial charge in [0.05, 0.1) is 18.3 Å². The van der Waals surface area contributed by atoms with E-state index in [0.717, 1.165) is 17.0 Å². The summed E-state index contributed by atoms with van der Waals surface area (Å²) in [5.74, 6) is 0.0493. The van der Waals surface area contributed by atoms with Crippen LogP contribution in [0.25, 0.3) is 0 Å². The van der Waals surface area contributed by atoms with Crippen molar-refractivity contribution in [3.63, 3.8) is 0 Å². The third kappa shape index (κ3) is 1.37. The highest BCUT2D eigenvalue weighted by Crippen LogP contribution is 2.39. The number of quaternary nitrogens is 1. The van der Waals surface area contributed by atoms with Gasteiger partial charge in [0.2, 0.25) is 0 Å². The van der Waals surface area contributed by atoms with Crippen molar-refractivity contribution in [3.8, 4) is 0 Å². The smallest absolute Gasteiger partial charge is 0.300 e. The number of amides is 1.